The van der Waals surface area contributed by atoms with Crippen LogP contribution in [0, 0.1) is 6.92 Å². The second-order valence-electron chi connectivity index (χ2n) is 8.14. The first-order valence-electron chi connectivity index (χ1n) is 10.4. The van der Waals surface area contributed by atoms with E-state index in [0.29, 0.717) is 0 Å². The quantitative estimate of drug-likeness (QED) is 0.832. The van der Waals surface area contributed by atoms with Gasteiger partial charge >= 0.3 is 0 Å². The Balaban J connectivity index is 1.45. The molecule has 5 nitrogen and oxygen atoms in total. The molecule has 0 saturated carbocycles. The van der Waals surface area contributed by atoms with Crippen molar-refractivity contribution in [1.29, 1.82) is 0 Å². The van der Waals surface area contributed by atoms with Crippen LogP contribution in [-0.4, -0.2) is 51.4 Å². The van der Waals surface area contributed by atoms with Gasteiger partial charge in [-0.05, 0) is 70.9 Å². The van der Waals surface area contributed by atoms with Crippen LogP contribution in [0.3, 0.4) is 0 Å². The topological polar surface area (TPSA) is 33.4 Å². The molecule has 2 saturated heterocycles. The van der Waals surface area contributed by atoms with Crippen LogP contribution < -0.4 is 5.56 Å². The zero-order valence-corrected chi connectivity index (χ0v) is 16.7. The van der Waals surface area contributed by atoms with E-state index in [9.17, 15) is 4.79 Å². The van der Waals surface area contributed by atoms with Crippen LogP contribution in [0.5, 0.6) is 0 Å². The first-order valence-corrected chi connectivity index (χ1v) is 10.4. The molecule has 2 aliphatic rings. The third kappa shape index (κ3) is 3.76. The maximum absolute atomic E-state index is 13.1. The summed E-state index contributed by atoms with van der Waals surface area (Å²) in [6.07, 6.45) is 6.60. The molecule has 0 unspecified atom stereocenters. The fraction of sp³-hybridized carbons (Fsp3) is 0.591. The molecule has 2 fully saturated rings. The molecule has 0 aliphatic carbocycles. The minimum absolute atomic E-state index is 0.124. The maximum Gasteiger partial charge on any atom is 0.276 e. The highest BCUT2D eigenvalue weighted by atomic mass is 16.1. The predicted molar refractivity (Wildman–Crippen MR) is 109 cm³/mol. The van der Waals surface area contributed by atoms with Crippen molar-refractivity contribution in [1.82, 2.24) is 19.2 Å². The van der Waals surface area contributed by atoms with Crippen molar-refractivity contribution in [2.75, 3.05) is 26.2 Å². The Morgan fingerprint density at radius 1 is 0.963 bits per heavy atom. The molecule has 27 heavy (non-hydrogen) atoms. The summed E-state index contributed by atoms with van der Waals surface area (Å²) >= 11 is 0. The van der Waals surface area contributed by atoms with E-state index in [1.54, 1.807) is 4.68 Å². The van der Waals surface area contributed by atoms with E-state index in [1.165, 1.54) is 45.2 Å². The molecule has 5 heteroatoms. The number of benzene rings is 1. The molecule has 2 aromatic rings. The number of rotatable bonds is 4. The van der Waals surface area contributed by atoms with Gasteiger partial charge in [0, 0.05) is 25.3 Å². The van der Waals surface area contributed by atoms with Crippen molar-refractivity contribution < 1.29 is 0 Å². The van der Waals surface area contributed by atoms with Crippen LogP contribution in [0.4, 0.5) is 0 Å². The smallest absolute Gasteiger partial charge is 0.276 e. The molecule has 0 radical (unpaired) electrons. The summed E-state index contributed by atoms with van der Waals surface area (Å²) in [6.45, 7) is 7.59. The van der Waals surface area contributed by atoms with Gasteiger partial charge in [0.1, 0.15) is 0 Å². The van der Waals surface area contributed by atoms with Gasteiger partial charge in [-0.2, -0.15) is 0 Å². The molecule has 0 N–H and O–H groups in total. The molecule has 0 atom stereocenters. The van der Waals surface area contributed by atoms with E-state index in [2.05, 4.69) is 16.7 Å². The Morgan fingerprint density at radius 3 is 2.30 bits per heavy atom. The lowest BCUT2D eigenvalue weighted by Crippen LogP contribution is -2.46. The van der Waals surface area contributed by atoms with Crippen molar-refractivity contribution in [2.24, 2.45) is 7.05 Å². The Kier molecular flexibility index (Phi) is 5.50. The number of para-hydroxylation sites is 1. The molecule has 2 aliphatic heterocycles. The summed E-state index contributed by atoms with van der Waals surface area (Å²) in [4.78, 5) is 18.3. The fourth-order valence-electron chi connectivity index (χ4n) is 4.76. The van der Waals surface area contributed by atoms with E-state index in [0.717, 1.165) is 42.6 Å². The zero-order valence-electron chi connectivity index (χ0n) is 16.7. The molecule has 1 aromatic carbocycles. The van der Waals surface area contributed by atoms with Gasteiger partial charge in [0.2, 0.25) is 0 Å². The van der Waals surface area contributed by atoms with Gasteiger partial charge in [0.15, 0.2) is 0 Å². The summed E-state index contributed by atoms with van der Waals surface area (Å²) in [7, 11) is 1.98. The number of aromatic nitrogens is 2. The fourth-order valence-corrected chi connectivity index (χ4v) is 4.76. The lowest BCUT2D eigenvalue weighted by molar-refractivity contribution is 0.0894. The average Bonchev–Trinajstić information content (AvgIpc) is 2.93. The highest BCUT2D eigenvalue weighted by Crippen LogP contribution is 2.22. The van der Waals surface area contributed by atoms with Crippen molar-refractivity contribution in [3.63, 3.8) is 0 Å². The van der Waals surface area contributed by atoms with Crippen LogP contribution in [0.2, 0.25) is 0 Å². The summed E-state index contributed by atoms with van der Waals surface area (Å²) in [5, 5.41) is 0. The molecule has 0 amide bonds. The molecule has 1 aromatic heterocycles. The van der Waals surface area contributed by atoms with Crippen molar-refractivity contribution in [3.05, 3.63) is 51.9 Å². The second kappa shape index (κ2) is 8.03. The van der Waals surface area contributed by atoms with Gasteiger partial charge in [-0.15, -0.1) is 0 Å². The average molecular weight is 369 g/mol. The predicted octanol–water partition coefficient (Wildman–Crippen LogP) is 2.93. The van der Waals surface area contributed by atoms with Crippen molar-refractivity contribution >= 4 is 0 Å². The molecule has 0 spiro atoms. The van der Waals surface area contributed by atoms with Gasteiger partial charge in [-0.1, -0.05) is 24.6 Å². The van der Waals surface area contributed by atoms with Crippen molar-refractivity contribution in [2.45, 2.75) is 51.6 Å². The number of nitrogens with zero attached hydrogens (tertiary/aromatic N) is 4. The highest BCUT2D eigenvalue weighted by Gasteiger charge is 2.27. The van der Waals surface area contributed by atoms with E-state index < -0.39 is 0 Å². The number of hydrogen-bond acceptors (Lipinski definition) is 3. The standard InChI is InChI=1S/C22H32N4O/c1-18-21(22(27)26(23(18)2)20-9-5-3-6-10-20)17-24-15-11-19(12-16-24)25-13-7-4-8-14-25/h3,5-6,9-10,19H,4,7-8,11-17H2,1-2H3. The Bertz CT molecular complexity index is 809. The summed E-state index contributed by atoms with van der Waals surface area (Å²) in [6, 6.07) is 10.7. The van der Waals surface area contributed by atoms with Gasteiger partial charge in [0.05, 0.1) is 11.3 Å². The lowest BCUT2D eigenvalue weighted by atomic mass is 9.99. The minimum Gasteiger partial charge on any atom is -0.300 e. The third-order valence-electron chi connectivity index (χ3n) is 6.52. The SMILES string of the molecule is Cc1c(CN2CCC(N3CCCCC3)CC2)c(=O)n(-c2ccccc2)n1C. The Labute approximate surface area is 162 Å². The van der Waals surface area contributed by atoms with Crippen molar-refractivity contribution in [3.8, 4) is 5.69 Å². The van der Waals surface area contributed by atoms with Gasteiger partial charge in [-0.25, -0.2) is 4.68 Å². The maximum atomic E-state index is 13.1. The van der Waals surface area contributed by atoms with E-state index in [-0.39, 0.29) is 5.56 Å². The Morgan fingerprint density at radius 2 is 1.63 bits per heavy atom. The summed E-state index contributed by atoms with van der Waals surface area (Å²) in [5.41, 5.74) is 3.07. The third-order valence-corrected chi connectivity index (χ3v) is 6.52. The molecular formula is C22H32N4O. The number of likely N-dealkylation sites (tertiary alicyclic amines) is 2. The molecule has 4 rings (SSSR count). The summed E-state index contributed by atoms with van der Waals surface area (Å²) in [5.74, 6) is 0. The second-order valence-corrected chi connectivity index (χ2v) is 8.14. The van der Waals surface area contributed by atoms with Gasteiger partial charge in [0.25, 0.3) is 5.56 Å². The van der Waals surface area contributed by atoms with Crippen LogP contribution in [0.1, 0.15) is 43.4 Å². The Hall–Kier alpha value is -1.85. The molecule has 0 bridgehead atoms. The highest BCUT2D eigenvalue weighted by molar-refractivity contribution is 5.33. The van der Waals surface area contributed by atoms with Crippen LogP contribution in [0.25, 0.3) is 5.69 Å². The number of hydrogen-bond donors (Lipinski definition) is 0. The molecular weight excluding hydrogens is 336 g/mol. The van der Waals surface area contributed by atoms with E-state index >= 15 is 0 Å². The minimum atomic E-state index is 0.124. The number of piperidine rings is 2. The normalized spacial score (nSPS) is 20.2. The van der Waals surface area contributed by atoms with Crippen LogP contribution in [0.15, 0.2) is 35.1 Å². The van der Waals surface area contributed by atoms with E-state index in [4.69, 9.17) is 0 Å². The molecule has 3 heterocycles. The zero-order chi connectivity index (χ0) is 18.8. The first kappa shape index (κ1) is 18.5. The summed E-state index contributed by atoms with van der Waals surface area (Å²) < 4.78 is 3.79. The first-order chi connectivity index (χ1) is 13.1. The van der Waals surface area contributed by atoms with Crippen LogP contribution >= 0.6 is 0 Å². The van der Waals surface area contributed by atoms with Crippen LogP contribution in [-0.2, 0) is 13.6 Å². The largest absolute Gasteiger partial charge is 0.300 e. The van der Waals surface area contributed by atoms with E-state index in [1.807, 2.05) is 42.1 Å². The lowest BCUT2D eigenvalue weighted by Gasteiger charge is -2.40. The molecule has 146 valence electrons. The monoisotopic (exact) mass is 368 g/mol. The van der Waals surface area contributed by atoms with Gasteiger partial charge < -0.3 is 4.90 Å². The van der Waals surface area contributed by atoms with Gasteiger partial charge in [-0.3, -0.25) is 14.4 Å².